The van der Waals surface area contributed by atoms with Crippen LogP contribution in [0.5, 0.6) is 0 Å². The van der Waals surface area contributed by atoms with Gasteiger partial charge in [0, 0.05) is 0 Å². The number of rotatable bonds is 0. The first kappa shape index (κ1) is 7.54. The molecule has 1 amide bonds. The molecular weight excluding hydrogens is 130 g/mol. The minimum atomic E-state index is -0.0140. The van der Waals surface area contributed by atoms with Crippen LogP contribution in [-0.4, -0.2) is 12.0 Å². The first-order valence-corrected chi connectivity index (χ1v) is 3.44. The third-order valence-electron chi connectivity index (χ3n) is 1.65. The van der Waals surface area contributed by atoms with E-state index in [0.717, 1.165) is 0 Å². The molecule has 0 saturated carbocycles. The Morgan fingerprint density at radius 2 is 2.20 bits per heavy atom. The van der Waals surface area contributed by atoms with E-state index in [1.165, 1.54) is 0 Å². The smallest absolute Gasteiger partial charge is 0.246 e. The molecule has 0 radical (unpaired) electrons. The molecule has 0 aromatic rings. The predicted octanol–water partition coefficient (Wildman–Crippen LogP) is 0.853. The molecule has 0 spiro atoms. The Kier molecular flexibility index (Phi) is 1.68. The lowest BCUT2D eigenvalue weighted by atomic mass is 9.88. The second-order valence-corrected chi connectivity index (χ2v) is 3.70. The molecule has 1 atom stereocenters. The van der Waals surface area contributed by atoms with Crippen molar-refractivity contribution in [1.82, 2.24) is 5.48 Å². The second-order valence-electron chi connectivity index (χ2n) is 3.70. The number of hydrogen-bond acceptors (Lipinski definition) is 2. The van der Waals surface area contributed by atoms with Gasteiger partial charge >= 0.3 is 0 Å². The summed E-state index contributed by atoms with van der Waals surface area (Å²) in [6.45, 7) is 6.16. The Morgan fingerprint density at radius 1 is 1.60 bits per heavy atom. The minimum absolute atomic E-state index is 0.0140. The summed E-state index contributed by atoms with van der Waals surface area (Å²) in [4.78, 5) is 15.7. The average molecular weight is 143 g/mol. The van der Waals surface area contributed by atoms with Crippen LogP contribution >= 0.6 is 0 Å². The van der Waals surface area contributed by atoms with Crippen molar-refractivity contribution < 1.29 is 9.63 Å². The summed E-state index contributed by atoms with van der Waals surface area (Å²) in [7, 11) is 0. The van der Waals surface area contributed by atoms with Crippen LogP contribution < -0.4 is 5.48 Å². The number of carbonyl (C=O) groups excluding carboxylic acids is 1. The van der Waals surface area contributed by atoms with Gasteiger partial charge in [0.15, 0.2) is 0 Å². The summed E-state index contributed by atoms with van der Waals surface area (Å²) in [6.07, 6.45) is 0.517. The fraction of sp³-hybridized carbons (Fsp3) is 0.857. The quantitative estimate of drug-likeness (QED) is 0.546. The van der Waals surface area contributed by atoms with E-state index in [9.17, 15) is 4.79 Å². The van der Waals surface area contributed by atoms with Gasteiger partial charge in [-0.2, -0.15) is 0 Å². The molecular formula is C7H13NO2. The second kappa shape index (κ2) is 2.23. The topological polar surface area (TPSA) is 38.3 Å². The largest absolute Gasteiger partial charge is 0.273 e. The molecule has 1 rings (SSSR count). The molecule has 1 aliphatic rings. The summed E-state index contributed by atoms with van der Waals surface area (Å²) in [5.74, 6) is -0.0140. The Balaban J connectivity index is 2.53. The van der Waals surface area contributed by atoms with Crippen LogP contribution in [0, 0.1) is 5.41 Å². The normalized spacial score (nSPS) is 26.7. The lowest BCUT2D eigenvalue weighted by molar-refractivity contribution is -0.125. The Bertz CT molecular complexity index is 148. The van der Waals surface area contributed by atoms with Crippen LogP contribution in [0.15, 0.2) is 0 Å². The van der Waals surface area contributed by atoms with Crippen LogP contribution in [0.4, 0.5) is 0 Å². The van der Waals surface area contributed by atoms with Gasteiger partial charge in [-0.15, -0.1) is 0 Å². The van der Waals surface area contributed by atoms with Gasteiger partial charge < -0.3 is 0 Å². The van der Waals surface area contributed by atoms with Gasteiger partial charge in [-0.25, -0.2) is 5.48 Å². The van der Waals surface area contributed by atoms with Crippen molar-refractivity contribution in [3.05, 3.63) is 0 Å². The molecule has 58 valence electrons. The first-order valence-electron chi connectivity index (χ1n) is 3.44. The minimum Gasteiger partial charge on any atom is -0.273 e. The summed E-state index contributed by atoms with van der Waals surface area (Å²) >= 11 is 0. The molecule has 0 aromatic heterocycles. The summed E-state index contributed by atoms with van der Waals surface area (Å²) in [5.41, 5.74) is 2.39. The molecule has 0 bridgehead atoms. The van der Waals surface area contributed by atoms with E-state index in [4.69, 9.17) is 4.84 Å². The van der Waals surface area contributed by atoms with Crippen molar-refractivity contribution in [2.75, 3.05) is 0 Å². The van der Waals surface area contributed by atoms with Gasteiger partial charge in [0.2, 0.25) is 5.91 Å². The lowest BCUT2D eigenvalue weighted by Gasteiger charge is -2.23. The van der Waals surface area contributed by atoms with Gasteiger partial charge in [-0.05, 0) is 5.41 Å². The van der Waals surface area contributed by atoms with E-state index in [-0.39, 0.29) is 17.4 Å². The van der Waals surface area contributed by atoms with Crippen molar-refractivity contribution in [2.24, 2.45) is 5.41 Å². The van der Waals surface area contributed by atoms with Gasteiger partial charge in [0.25, 0.3) is 0 Å². The van der Waals surface area contributed by atoms with Gasteiger partial charge in [-0.3, -0.25) is 9.63 Å². The molecule has 1 N–H and O–H groups in total. The van der Waals surface area contributed by atoms with Crippen molar-refractivity contribution in [2.45, 2.75) is 33.3 Å². The molecule has 0 aromatic carbocycles. The molecule has 3 nitrogen and oxygen atoms in total. The highest BCUT2D eigenvalue weighted by molar-refractivity contribution is 5.76. The third-order valence-corrected chi connectivity index (χ3v) is 1.65. The van der Waals surface area contributed by atoms with Crippen LogP contribution in [-0.2, 0) is 9.63 Å². The number of nitrogens with one attached hydrogen (secondary N) is 1. The standard InChI is InChI=1S/C7H13NO2/c1-7(2,3)5-4-6(9)8-10-5/h5H,4H2,1-3H3,(H,8,9). The molecule has 1 heterocycles. The predicted molar refractivity (Wildman–Crippen MR) is 37.1 cm³/mol. The molecule has 10 heavy (non-hydrogen) atoms. The van der Waals surface area contributed by atoms with Crippen molar-refractivity contribution in [1.29, 1.82) is 0 Å². The van der Waals surface area contributed by atoms with Crippen LogP contribution in [0.25, 0.3) is 0 Å². The van der Waals surface area contributed by atoms with Crippen molar-refractivity contribution in [3.63, 3.8) is 0 Å². The van der Waals surface area contributed by atoms with Crippen molar-refractivity contribution in [3.8, 4) is 0 Å². The number of carbonyl (C=O) groups is 1. The molecule has 1 fully saturated rings. The van der Waals surface area contributed by atoms with Crippen LogP contribution in [0.3, 0.4) is 0 Å². The Morgan fingerprint density at radius 3 is 2.40 bits per heavy atom. The number of hydroxylamine groups is 1. The van der Waals surface area contributed by atoms with Gasteiger partial charge in [0.05, 0.1) is 12.5 Å². The summed E-state index contributed by atoms with van der Waals surface area (Å²) in [6, 6.07) is 0. The number of amides is 1. The molecule has 0 aliphatic carbocycles. The van der Waals surface area contributed by atoms with Gasteiger partial charge in [0.1, 0.15) is 0 Å². The van der Waals surface area contributed by atoms with E-state index >= 15 is 0 Å². The van der Waals surface area contributed by atoms with Crippen molar-refractivity contribution >= 4 is 5.91 Å². The first-order chi connectivity index (χ1) is 4.50. The number of hydrogen-bond donors (Lipinski definition) is 1. The molecule has 1 unspecified atom stereocenters. The summed E-state index contributed by atoms with van der Waals surface area (Å²) in [5, 5.41) is 0. The maximum absolute atomic E-state index is 10.7. The third kappa shape index (κ3) is 1.48. The lowest BCUT2D eigenvalue weighted by Crippen LogP contribution is -2.26. The van der Waals surface area contributed by atoms with E-state index < -0.39 is 0 Å². The highest BCUT2D eigenvalue weighted by Crippen LogP contribution is 2.26. The Hall–Kier alpha value is -0.570. The van der Waals surface area contributed by atoms with E-state index in [1.54, 1.807) is 0 Å². The van der Waals surface area contributed by atoms with E-state index in [2.05, 4.69) is 26.3 Å². The van der Waals surface area contributed by atoms with E-state index in [0.29, 0.717) is 6.42 Å². The fourth-order valence-corrected chi connectivity index (χ4v) is 0.872. The molecule has 1 saturated heterocycles. The maximum Gasteiger partial charge on any atom is 0.246 e. The van der Waals surface area contributed by atoms with Gasteiger partial charge in [-0.1, -0.05) is 20.8 Å². The molecule has 3 heteroatoms. The highest BCUT2D eigenvalue weighted by atomic mass is 16.7. The monoisotopic (exact) mass is 143 g/mol. The maximum atomic E-state index is 10.7. The zero-order valence-electron chi connectivity index (χ0n) is 6.60. The fourth-order valence-electron chi connectivity index (χ4n) is 0.872. The Labute approximate surface area is 60.7 Å². The zero-order chi connectivity index (χ0) is 7.78. The van der Waals surface area contributed by atoms with E-state index in [1.807, 2.05) is 0 Å². The van der Waals surface area contributed by atoms with Crippen LogP contribution in [0.1, 0.15) is 27.2 Å². The zero-order valence-corrected chi connectivity index (χ0v) is 6.60. The summed E-state index contributed by atoms with van der Waals surface area (Å²) < 4.78 is 0. The highest BCUT2D eigenvalue weighted by Gasteiger charge is 2.33. The van der Waals surface area contributed by atoms with Crippen LogP contribution in [0.2, 0.25) is 0 Å². The SMILES string of the molecule is CC(C)(C)C1CC(=O)NO1. The molecule has 1 aliphatic heterocycles. The average Bonchev–Trinajstić information content (AvgIpc) is 2.11.